The zero-order valence-electron chi connectivity index (χ0n) is 10.2. The average Bonchev–Trinajstić information content (AvgIpc) is 2.37. The van der Waals surface area contributed by atoms with Gasteiger partial charge in [-0.15, -0.1) is 0 Å². The Morgan fingerprint density at radius 2 is 2.00 bits per heavy atom. The molecule has 0 aromatic heterocycles. The first-order valence-electron chi connectivity index (χ1n) is 5.79. The summed E-state index contributed by atoms with van der Waals surface area (Å²) in [5.74, 6) is 3.43. The van der Waals surface area contributed by atoms with Crippen LogP contribution in [0.15, 0.2) is 18.2 Å². The van der Waals surface area contributed by atoms with Crippen LogP contribution in [0, 0.1) is 11.6 Å². The minimum Gasteiger partial charge on any atom is -0.375 e. The Balaban J connectivity index is 2.45. The van der Waals surface area contributed by atoms with Gasteiger partial charge in [-0.2, -0.15) is 0 Å². The van der Waals surface area contributed by atoms with Gasteiger partial charge in [0, 0.05) is 12.6 Å². The highest BCUT2D eigenvalue weighted by Gasteiger charge is 2.14. The first-order chi connectivity index (χ1) is 9.04. The zero-order valence-corrected chi connectivity index (χ0v) is 10.2. The van der Waals surface area contributed by atoms with E-state index in [2.05, 4.69) is 5.43 Å². The molecule has 0 spiro atoms. The molecule has 0 heterocycles. The van der Waals surface area contributed by atoms with E-state index >= 15 is 0 Å². The maximum absolute atomic E-state index is 13.4. The largest absolute Gasteiger partial charge is 0.375 e. The Hall–Kier alpha value is -1.18. The van der Waals surface area contributed by atoms with Crippen LogP contribution in [-0.4, -0.2) is 25.7 Å². The van der Waals surface area contributed by atoms with Crippen molar-refractivity contribution in [2.75, 3.05) is 13.2 Å². The van der Waals surface area contributed by atoms with Crippen LogP contribution < -0.4 is 11.3 Å². The van der Waals surface area contributed by atoms with E-state index in [0.717, 1.165) is 6.07 Å². The van der Waals surface area contributed by atoms with Crippen molar-refractivity contribution < 1.29 is 22.3 Å². The number of hydrazine groups is 1. The minimum absolute atomic E-state index is 0.0656. The second-order valence-corrected chi connectivity index (χ2v) is 4.04. The molecule has 7 heteroatoms. The first kappa shape index (κ1) is 15.9. The third-order valence-electron chi connectivity index (χ3n) is 2.59. The van der Waals surface area contributed by atoms with Gasteiger partial charge >= 0.3 is 0 Å². The fraction of sp³-hybridized carbons (Fsp3) is 0.500. The van der Waals surface area contributed by atoms with Gasteiger partial charge in [-0.1, -0.05) is 12.1 Å². The molecule has 0 aliphatic carbocycles. The summed E-state index contributed by atoms with van der Waals surface area (Å²) in [6.07, 6.45) is -2.05. The molecule has 0 saturated carbocycles. The van der Waals surface area contributed by atoms with Crippen LogP contribution in [0.2, 0.25) is 0 Å². The minimum atomic E-state index is -2.52. The van der Waals surface area contributed by atoms with Crippen molar-refractivity contribution in [1.29, 1.82) is 0 Å². The van der Waals surface area contributed by atoms with Gasteiger partial charge in [0.2, 0.25) is 0 Å². The summed E-state index contributed by atoms with van der Waals surface area (Å²) in [6.45, 7) is -0.582. The molecule has 0 radical (unpaired) electrons. The molecule has 19 heavy (non-hydrogen) atoms. The number of hydrogen-bond donors (Lipinski definition) is 2. The van der Waals surface area contributed by atoms with Crippen molar-refractivity contribution in [3.63, 3.8) is 0 Å². The van der Waals surface area contributed by atoms with Gasteiger partial charge < -0.3 is 4.74 Å². The van der Waals surface area contributed by atoms with Crippen molar-refractivity contribution >= 4 is 0 Å². The van der Waals surface area contributed by atoms with E-state index in [1.165, 1.54) is 12.1 Å². The zero-order chi connectivity index (χ0) is 14.3. The van der Waals surface area contributed by atoms with Gasteiger partial charge in [-0.3, -0.25) is 11.3 Å². The number of rotatable bonds is 8. The molecule has 0 saturated heterocycles. The van der Waals surface area contributed by atoms with Crippen LogP contribution in [0.5, 0.6) is 0 Å². The second kappa shape index (κ2) is 8.08. The molecular formula is C12H16F4N2O. The summed E-state index contributed by atoms with van der Waals surface area (Å²) >= 11 is 0. The molecule has 1 atom stereocenters. The molecule has 0 aliphatic heterocycles. The highest BCUT2D eigenvalue weighted by molar-refractivity contribution is 5.19. The molecule has 0 amide bonds. The van der Waals surface area contributed by atoms with Gasteiger partial charge in [0.15, 0.2) is 11.6 Å². The normalized spacial score (nSPS) is 12.9. The lowest BCUT2D eigenvalue weighted by Crippen LogP contribution is -2.38. The predicted molar refractivity (Wildman–Crippen MR) is 62.6 cm³/mol. The number of nitrogens with one attached hydrogen (secondary N) is 1. The maximum atomic E-state index is 13.4. The molecule has 1 unspecified atom stereocenters. The maximum Gasteiger partial charge on any atom is 0.261 e. The molecule has 1 rings (SSSR count). The number of hydrogen-bond acceptors (Lipinski definition) is 3. The van der Waals surface area contributed by atoms with Gasteiger partial charge in [-0.05, 0) is 24.5 Å². The van der Waals surface area contributed by atoms with Crippen LogP contribution in [0.25, 0.3) is 0 Å². The molecule has 0 aliphatic rings. The van der Waals surface area contributed by atoms with Crippen LogP contribution >= 0.6 is 0 Å². The summed E-state index contributed by atoms with van der Waals surface area (Å²) in [5.41, 5.74) is 2.61. The highest BCUT2D eigenvalue weighted by atomic mass is 19.3. The van der Waals surface area contributed by atoms with Crippen molar-refractivity contribution in [1.82, 2.24) is 5.43 Å². The van der Waals surface area contributed by atoms with Gasteiger partial charge in [0.25, 0.3) is 6.43 Å². The molecule has 3 N–H and O–H groups in total. The summed E-state index contributed by atoms with van der Waals surface area (Å²) < 4.78 is 54.8. The Bertz CT molecular complexity index is 390. The van der Waals surface area contributed by atoms with Gasteiger partial charge in [0.05, 0.1) is 0 Å². The van der Waals surface area contributed by atoms with Crippen molar-refractivity contribution in [3.05, 3.63) is 35.4 Å². The fourth-order valence-electron chi connectivity index (χ4n) is 1.61. The van der Waals surface area contributed by atoms with Crippen LogP contribution in [0.1, 0.15) is 12.0 Å². The fourth-order valence-corrected chi connectivity index (χ4v) is 1.61. The van der Waals surface area contributed by atoms with Crippen molar-refractivity contribution in [2.24, 2.45) is 5.84 Å². The lowest BCUT2D eigenvalue weighted by atomic mass is 10.0. The topological polar surface area (TPSA) is 47.3 Å². The van der Waals surface area contributed by atoms with Crippen LogP contribution in [0.3, 0.4) is 0 Å². The smallest absolute Gasteiger partial charge is 0.261 e. The SMILES string of the molecule is NNC(CCOCC(F)F)Cc1cccc(F)c1F. The quantitative estimate of drug-likeness (QED) is 0.331. The lowest BCUT2D eigenvalue weighted by Gasteiger charge is -2.16. The first-order valence-corrected chi connectivity index (χ1v) is 5.79. The summed E-state index contributed by atoms with van der Waals surface area (Å²) in [5, 5.41) is 0. The predicted octanol–water partition coefficient (Wildman–Crippen LogP) is 2.01. The summed E-state index contributed by atoms with van der Waals surface area (Å²) in [4.78, 5) is 0. The van der Waals surface area contributed by atoms with E-state index in [0.29, 0.717) is 6.42 Å². The van der Waals surface area contributed by atoms with E-state index in [-0.39, 0.29) is 24.6 Å². The van der Waals surface area contributed by atoms with E-state index in [9.17, 15) is 17.6 Å². The monoisotopic (exact) mass is 280 g/mol. The van der Waals surface area contributed by atoms with Crippen LogP contribution in [-0.2, 0) is 11.2 Å². The number of benzene rings is 1. The summed E-state index contributed by atoms with van der Waals surface area (Å²) in [7, 11) is 0. The molecule has 0 bridgehead atoms. The molecular weight excluding hydrogens is 264 g/mol. The van der Waals surface area contributed by atoms with E-state index in [1.54, 1.807) is 0 Å². The average molecular weight is 280 g/mol. The van der Waals surface area contributed by atoms with Gasteiger partial charge in [-0.25, -0.2) is 17.6 Å². The van der Waals surface area contributed by atoms with Crippen LogP contribution in [0.4, 0.5) is 17.6 Å². The Labute approximate surface area is 108 Å². The Morgan fingerprint density at radius 1 is 1.26 bits per heavy atom. The number of nitrogens with two attached hydrogens (primary N) is 1. The van der Waals surface area contributed by atoms with Gasteiger partial charge in [0.1, 0.15) is 6.61 Å². The van der Waals surface area contributed by atoms with E-state index in [1.807, 2.05) is 0 Å². The third-order valence-corrected chi connectivity index (χ3v) is 2.59. The molecule has 1 aromatic rings. The second-order valence-electron chi connectivity index (χ2n) is 4.04. The van der Waals surface area contributed by atoms with Crippen molar-refractivity contribution in [2.45, 2.75) is 25.3 Å². The standard InChI is InChI=1S/C12H16F4N2O/c13-10-3-1-2-8(12(10)16)6-9(18-17)4-5-19-7-11(14)15/h1-3,9,11,18H,4-7,17H2. The molecule has 1 aromatic carbocycles. The number of halogens is 4. The van der Waals surface area contributed by atoms with E-state index < -0.39 is 24.7 Å². The number of ether oxygens (including phenoxy) is 1. The molecule has 108 valence electrons. The number of alkyl halides is 2. The molecule has 3 nitrogen and oxygen atoms in total. The molecule has 0 fully saturated rings. The third kappa shape index (κ3) is 5.54. The highest BCUT2D eigenvalue weighted by Crippen LogP contribution is 2.14. The lowest BCUT2D eigenvalue weighted by molar-refractivity contribution is 0.0144. The summed E-state index contributed by atoms with van der Waals surface area (Å²) in [6, 6.07) is 3.49. The Kier molecular flexibility index (Phi) is 6.75. The van der Waals surface area contributed by atoms with E-state index in [4.69, 9.17) is 10.6 Å². The van der Waals surface area contributed by atoms with Crippen molar-refractivity contribution in [3.8, 4) is 0 Å². The Morgan fingerprint density at radius 3 is 2.63 bits per heavy atom.